The highest BCUT2D eigenvalue weighted by Crippen LogP contribution is 2.19. The number of benzene rings is 1. The molecular formula is C24H30F3N3O2S. The predicted molar refractivity (Wildman–Crippen MR) is 125 cm³/mol. The van der Waals surface area contributed by atoms with Crippen LogP contribution in [0.1, 0.15) is 30.2 Å². The quantitative estimate of drug-likeness (QED) is 0.449. The number of carbonyl (C=O) groups excluding carboxylic acids is 2. The van der Waals surface area contributed by atoms with Gasteiger partial charge in [0, 0.05) is 30.4 Å². The van der Waals surface area contributed by atoms with Gasteiger partial charge in [0.2, 0.25) is 5.91 Å². The van der Waals surface area contributed by atoms with Gasteiger partial charge in [-0.2, -0.15) is 13.2 Å². The van der Waals surface area contributed by atoms with Crippen molar-refractivity contribution in [1.29, 1.82) is 0 Å². The Hall–Kier alpha value is -2.65. The minimum absolute atomic E-state index is 0.00455. The van der Waals surface area contributed by atoms with Gasteiger partial charge in [0.05, 0.1) is 6.04 Å². The first kappa shape index (κ1) is 26.6. The normalized spacial score (nSPS) is 13.6. The van der Waals surface area contributed by atoms with Crippen LogP contribution in [0.3, 0.4) is 0 Å². The lowest BCUT2D eigenvalue weighted by molar-refractivity contribution is -0.184. The maximum Gasteiger partial charge on any atom is 0.471 e. The smallest absolute Gasteiger partial charge is 0.349 e. The summed E-state index contributed by atoms with van der Waals surface area (Å²) in [6, 6.07) is 12.3. The standard InChI is InChI=1S/C24H30F3N3O2S/c1-2-14-30(23(32)24(25,26)27)15-6-10-19(13-12-18-8-4-3-5-9-18)29-22(31)21(28)17-20-11-7-16-33-20/h3-11,16,19,21H,2,12-15,17,28H2,1H3,(H,29,31)/b10-6+/t19-,21+/m1/s1. The summed E-state index contributed by atoms with van der Waals surface area (Å²) in [7, 11) is 0. The summed E-state index contributed by atoms with van der Waals surface area (Å²) in [5.74, 6) is -2.19. The third kappa shape index (κ3) is 9.39. The molecule has 1 aromatic heterocycles. The third-order valence-corrected chi connectivity index (χ3v) is 5.87. The van der Waals surface area contributed by atoms with Crippen molar-refractivity contribution in [3.63, 3.8) is 0 Å². The van der Waals surface area contributed by atoms with Gasteiger partial charge in [0.25, 0.3) is 0 Å². The number of rotatable bonds is 12. The molecule has 0 aliphatic carbocycles. The topological polar surface area (TPSA) is 75.4 Å². The van der Waals surface area contributed by atoms with Gasteiger partial charge in [-0.05, 0) is 36.3 Å². The van der Waals surface area contributed by atoms with E-state index in [4.69, 9.17) is 5.73 Å². The minimum Gasteiger partial charge on any atom is -0.349 e. The molecule has 0 radical (unpaired) electrons. The Morgan fingerprint density at radius 1 is 1.18 bits per heavy atom. The molecule has 180 valence electrons. The van der Waals surface area contributed by atoms with E-state index in [1.807, 2.05) is 47.8 Å². The number of halogens is 3. The number of nitrogens with zero attached hydrogens (tertiary/aromatic N) is 1. The molecule has 0 saturated heterocycles. The molecule has 0 unspecified atom stereocenters. The van der Waals surface area contributed by atoms with E-state index in [0.29, 0.717) is 25.7 Å². The van der Waals surface area contributed by atoms with Gasteiger partial charge in [-0.15, -0.1) is 11.3 Å². The zero-order chi connectivity index (χ0) is 24.3. The van der Waals surface area contributed by atoms with E-state index in [2.05, 4.69) is 5.32 Å². The molecule has 9 heteroatoms. The van der Waals surface area contributed by atoms with Gasteiger partial charge >= 0.3 is 12.1 Å². The first-order chi connectivity index (χ1) is 15.7. The first-order valence-electron chi connectivity index (χ1n) is 10.9. The van der Waals surface area contributed by atoms with Crippen molar-refractivity contribution >= 4 is 23.2 Å². The third-order valence-electron chi connectivity index (χ3n) is 4.97. The van der Waals surface area contributed by atoms with Crippen molar-refractivity contribution in [3.8, 4) is 0 Å². The lowest BCUT2D eigenvalue weighted by Gasteiger charge is -2.22. The van der Waals surface area contributed by atoms with Crippen LogP contribution in [0.2, 0.25) is 0 Å². The molecule has 0 aliphatic rings. The van der Waals surface area contributed by atoms with E-state index < -0.39 is 24.2 Å². The molecule has 0 bridgehead atoms. The number of hydrogen-bond acceptors (Lipinski definition) is 4. The van der Waals surface area contributed by atoms with Crippen molar-refractivity contribution in [2.45, 2.75) is 50.9 Å². The molecule has 0 spiro atoms. The fourth-order valence-corrected chi connectivity index (χ4v) is 4.05. The highest BCUT2D eigenvalue weighted by molar-refractivity contribution is 7.09. The van der Waals surface area contributed by atoms with E-state index >= 15 is 0 Å². The SMILES string of the molecule is CCCN(C/C=C/[C@H](CCc1ccccc1)NC(=O)[C@@H](N)Cc1cccs1)C(=O)C(F)(F)F. The molecule has 0 fully saturated rings. The van der Waals surface area contributed by atoms with Crippen molar-refractivity contribution in [3.05, 3.63) is 70.4 Å². The summed E-state index contributed by atoms with van der Waals surface area (Å²) < 4.78 is 38.5. The second-order valence-electron chi connectivity index (χ2n) is 7.71. The van der Waals surface area contributed by atoms with Crippen LogP contribution < -0.4 is 11.1 Å². The molecular weight excluding hydrogens is 451 g/mol. The minimum atomic E-state index is -4.92. The van der Waals surface area contributed by atoms with Crippen LogP contribution in [0.4, 0.5) is 13.2 Å². The van der Waals surface area contributed by atoms with Gasteiger partial charge in [0.15, 0.2) is 0 Å². The molecule has 5 nitrogen and oxygen atoms in total. The number of amides is 2. The molecule has 2 aromatic rings. The van der Waals surface area contributed by atoms with Crippen LogP contribution in [0.15, 0.2) is 60.0 Å². The summed E-state index contributed by atoms with van der Waals surface area (Å²) >= 11 is 1.52. The van der Waals surface area contributed by atoms with Crippen molar-refractivity contribution in [2.24, 2.45) is 5.73 Å². The molecule has 1 heterocycles. The summed E-state index contributed by atoms with van der Waals surface area (Å²) in [5, 5.41) is 4.81. The maximum atomic E-state index is 12.8. The molecule has 2 atom stereocenters. The average molecular weight is 482 g/mol. The second-order valence-corrected chi connectivity index (χ2v) is 8.74. The number of alkyl halides is 3. The maximum absolute atomic E-state index is 12.8. The van der Waals surface area contributed by atoms with Crippen LogP contribution in [-0.2, 0) is 22.4 Å². The van der Waals surface area contributed by atoms with E-state index in [1.54, 1.807) is 13.0 Å². The number of nitrogens with two attached hydrogens (primary N) is 1. The Morgan fingerprint density at radius 2 is 1.91 bits per heavy atom. The lowest BCUT2D eigenvalue weighted by Crippen LogP contribution is -2.46. The van der Waals surface area contributed by atoms with Gasteiger partial charge in [-0.25, -0.2) is 0 Å². The zero-order valence-electron chi connectivity index (χ0n) is 18.6. The Bertz CT molecular complexity index is 886. The number of hydrogen-bond donors (Lipinski definition) is 2. The lowest BCUT2D eigenvalue weighted by atomic mass is 10.0. The van der Waals surface area contributed by atoms with E-state index in [0.717, 1.165) is 15.3 Å². The van der Waals surface area contributed by atoms with Crippen LogP contribution in [0, 0.1) is 0 Å². The fourth-order valence-electron chi connectivity index (χ4n) is 3.29. The largest absolute Gasteiger partial charge is 0.471 e. The Labute approximate surface area is 196 Å². The highest BCUT2D eigenvalue weighted by atomic mass is 32.1. The summed E-state index contributed by atoms with van der Waals surface area (Å²) in [5.41, 5.74) is 7.14. The van der Waals surface area contributed by atoms with Gasteiger partial charge in [0.1, 0.15) is 0 Å². The fraction of sp³-hybridized carbons (Fsp3) is 0.417. The molecule has 2 amide bonds. The number of carbonyl (C=O) groups is 2. The number of aryl methyl sites for hydroxylation is 1. The molecule has 0 saturated carbocycles. The van der Waals surface area contributed by atoms with Crippen molar-refractivity contribution in [2.75, 3.05) is 13.1 Å². The van der Waals surface area contributed by atoms with Gasteiger partial charge in [-0.1, -0.05) is 55.5 Å². The van der Waals surface area contributed by atoms with Crippen molar-refractivity contribution in [1.82, 2.24) is 10.2 Å². The Balaban J connectivity index is 2.05. The second kappa shape index (κ2) is 13.2. The number of nitrogens with one attached hydrogen (secondary N) is 1. The van der Waals surface area contributed by atoms with Crippen LogP contribution in [0.25, 0.3) is 0 Å². The van der Waals surface area contributed by atoms with Crippen molar-refractivity contribution < 1.29 is 22.8 Å². The van der Waals surface area contributed by atoms with E-state index in [9.17, 15) is 22.8 Å². The monoisotopic (exact) mass is 481 g/mol. The van der Waals surface area contributed by atoms with Crippen LogP contribution in [0.5, 0.6) is 0 Å². The molecule has 2 rings (SSSR count). The van der Waals surface area contributed by atoms with E-state index in [1.165, 1.54) is 17.4 Å². The zero-order valence-corrected chi connectivity index (χ0v) is 19.4. The molecule has 1 aromatic carbocycles. The highest BCUT2D eigenvalue weighted by Gasteiger charge is 2.41. The summed E-state index contributed by atoms with van der Waals surface area (Å²) in [6.07, 6.45) is 0.239. The Kier molecular flexibility index (Phi) is 10.6. The van der Waals surface area contributed by atoms with Gasteiger partial charge < -0.3 is 16.0 Å². The number of thiophene rings is 1. The predicted octanol–water partition coefficient (Wildman–Crippen LogP) is 4.09. The molecule has 0 aliphatic heterocycles. The average Bonchev–Trinajstić information content (AvgIpc) is 3.29. The summed E-state index contributed by atoms with van der Waals surface area (Å²) in [6.45, 7) is 1.51. The van der Waals surface area contributed by atoms with Crippen LogP contribution in [-0.4, -0.2) is 48.1 Å². The molecule has 33 heavy (non-hydrogen) atoms. The van der Waals surface area contributed by atoms with E-state index in [-0.39, 0.29) is 19.0 Å². The first-order valence-corrected chi connectivity index (χ1v) is 11.7. The Morgan fingerprint density at radius 3 is 2.52 bits per heavy atom. The summed E-state index contributed by atoms with van der Waals surface area (Å²) in [4.78, 5) is 26.0. The van der Waals surface area contributed by atoms with Crippen LogP contribution >= 0.6 is 11.3 Å². The van der Waals surface area contributed by atoms with Gasteiger partial charge in [-0.3, -0.25) is 9.59 Å². The molecule has 3 N–H and O–H groups in total.